The monoisotopic (exact) mass is 254 g/mol. The number of rotatable bonds is 6. The summed E-state index contributed by atoms with van der Waals surface area (Å²) >= 11 is 0. The van der Waals surface area contributed by atoms with Crippen molar-refractivity contribution in [1.29, 1.82) is 0 Å². The Morgan fingerprint density at radius 1 is 1.39 bits per heavy atom. The summed E-state index contributed by atoms with van der Waals surface area (Å²) in [6.45, 7) is 8.38. The summed E-state index contributed by atoms with van der Waals surface area (Å²) in [4.78, 5) is 8.16. The van der Waals surface area contributed by atoms with Crippen molar-refractivity contribution < 1.29 is 9.47 Å². The fourth-order valence-corrected chi connectivity index (χ4v) is 1.51. The Hall–Kier alpha value is -1.56. The highest BCUT2D eigenvalue weighted by molar-refractivity contribution is 5.67. The molecule has 0 radical (unpaired) electrons. The van der Waals surface area contributed by atoms with Crippen molar-refractivity contribution in [2.45, 2.75) is 39.3 Å². The number of hydrogen-bond donors (Lipinski definition) is 2. The van der Waals surface area contributed by atoms with E-state index in [1.165, 1.54) is 6.33 Å². The highest BCUT2D eigenvalue weighted by atomic mass is 16.5. The van der Waals surface area contributed by atoms with Crippen LogP contribution in [0.25, 0.3) is 0 Å². The van der Waals surface area contributed by atoms with Crippen molar-refractivity contribution >= 4 is 11.5 Å². The SMILES string of the molecule is COCC(C)(C)Nc1ncnc(OC(C)C)c1N. The van der Waals surface area contributed by atoms with Crippen LogP contribution < -0.4 is 15.8 Å². The molecule has 18 heavy (non-hydrogen) atoms. The molecule has 0 atom stereocenters. The topological polar surface area (TPSA) is 82.3 Å². The largest absolute Gasteiger partial charge is 0.473 e. The van der Waals surface area contributed by atoms with Crippen molar-refractivity contribution in [3.8, 4) is 5.88 Å². The zero-order valence-corrected chi connectivity index (χ0v) is 11.7. The van der Waals surface area contributed by atoms with E-state index in [4.69, 9.17) is 15.2 Å². The van der Waals surface area contributed by atoms with Crippen LogP contribution >= 0.6 is 0 Å². The van der Waals surface area contributed by atoms with Crippen LogP contribution in [0, 0.1) is 0 Å². The lowest BCUT2D eigenvalue weighted by Crippen LogP contribution is -2.36. The molecular weight excluding hydrogens is 232 g/mol. The normalized spacial score (nSPS) is 11.7. The van der Waals surface area contributed by atoms with E-state index in [2.05, 4.69) is 15.3 Å². The summed E-state index contributed by atoms with van der Waals surface area (Å²) in [6.07, 6.45) is 1.45. The van der Waals surface area contributed by atoms with Crippen molar-refractivity contribution in [3.63, 3.8) is 0 Å². The maximum atomic E-state index is 5.98. The third-order valence-corrected chi connectivity index (χ3v) is 2.16. The van der Waals surface area contributed by atoms with E-state index in [9.17, 15) is 0 Å². The molecule has 0 saturated heterocycles. The molecule has 0 bridgehead atoms. The Morgan fingerprint density at radius 3 is 2.61 bits per heavy atom. The van der Waals surface area contributed by atoms with Crippen molar-refractivity contribution in [3.05, 3.63) is 6.33 Å². The lowest BCUT2D eigenvalue weighted by molar-refractivity contribution is 0.158. The van der Waals surface area contributed by atoms with E-state index in [1.54, 1.807) is 7.11 Å². The zero-order valence-electron chi connectivity index (χ0n) is 11.7. The average molecular weight is 254 g/mol. The van der Waals surface area contributed by atoms with E-state index in [0.29, 0.717) is 24.0 Å². The number of nitrogen functional groups attached to an aromatic ring is 1. The molecule has 6 nitrogen and oxygen atoms in total. The Balaban J connectivity index is 2.90. The first-order valence-electron chi connectivity index (χ1n) is 5.90. The summed E-state index contributed by atoms with van der Waals surface area (Å²) < 4.78 is 10.6. The molecule has 1 aromatic heterocycles. The number of anilines is 2. The minimum atomic E-state index is -0.272. The van der Waals surface area contributed by atoms with Gasteiger partial charge in [-0.25, -0.2) is 4.98 Å². The second-order valence-electron chi connectivity index (χ2n) is 5.05. The molecule has 0 aromatic carbocycles. The quantitative estimate of drug-likeness (QED) is 0.803. The van der Waals surface area contributed by atoms with Crippen LogP contribution in [0.5, 0.6) is 5.88 Å². The van der Waals surface area contributed by atoms with E-state index < -0.39 is 0 Å². The smallest absolute Gasteiger partial charge is 0.242 e. The molecule has 3 N–H and O–H groups in total. The molecule has 1 heterocycles. The van der Waals surface area contributed by atoms with Gasteiger partial charge in [0.15, 0.2) is 5.82 Å². The minimum absolute atomic E-state index is 0.0158. The molecule has 0 spiro atoms. The number of methoxy groups -OCH3 is 1. The second kappa shape index (κ2) is 5.86. The fraction of sp³-hybridized carbons (Fsp3) is 0.667. The maximum Gasteiger partial charge on any atom is 0.242 e. The van der Waals surface area contributed by atoms with Gasteiger partial charge in [-0.05, 0) is 27.7 Å². The third kappa shape index (κ3) is 4.03. The molecule has 102 valence electrons. The van der Waals surface area contributed by atoms with Gasteiger partial charge in [0, 0.05) is 7.11 Å². The van der Waals surface area contributed by atoms with Crippen molar-refractivity contribution in [1.82, 2.24) is 9.97 Å². The molecule has 0 amide bonds. The maximum absolute atomic E-state index is 5.98. The van der Waals surface area contributed by atoms with Gasteiger partial charge >= 0.3 is 0 Å². The first kappa shape index (κ1) is 14.5. The van der Waals surface area contributed by atoms with Crippen LogP contribution in [0.3, 0.4) is 0 Å². The fourth-order valence-electron chi connectivity index (χ4n) is 1.51. The van der Waals surface area contributed by atoms with Gasteiger partial charge in [-0.1, -0.05) is 0 Å². The minimum Gasteiger partial charge on any atom is -0.473 e. The van der Waals surface area contributed by atoms with Crippen molar-refractivity contribution in [2.24, 2.45) is 0 Å². The van der Waals surface area contributed by atoms with E-state index >= 15 is 0 Å². The molecular formula is C12H22N4O2. The molecule has 1 rings (SSSR count). The summed E-state index contributed by atoms with van der Waals surface area (Å²) in [6, 6.07) is 0. The molecule has 0 unspecified atom stereocenters. The number of hydrogen-bond acceptors (Lipinski definition) is 6. The number of ether oxygens (including phenoxy) is 2. The van der Waals surface area contributed by atoms with Crippen LogP contribution in [0.15, 0.2) is 6.33 Å². The number of nitrogens with zero attached hydrogens (tertiary/aromatic N) is 2. The Labute approximate surface area is 108 Å². The van der Waals surface area contributed by atoms with Crippen LogP contribution in [0.2, 0.25) is 0 Å². The second-order valence-corrected chi connectivity index (χ2v) is 5.05. The summed E-state index contributed by atoms with van der Waals surface area (Å²) in [5.41, 5.74) is 6.12. The Kier molecular flexibility index (Phi) is 4.72. The molecule has 0 aliphatic rings. The summed E-state index contributed by atoms with van der Waals surface area (Å²) in [7, 11) is 1.65. The van der Waals surface area contributed by atoms with Crippen LogP contribution in [0.4, 0.5) is 11.5 Å². The Bertz CT molecular complexity index is 394. The van der Waals surface area contributed by atoms with Gasteiger partial charge in [-0.3, -0.25) is 0 Å². The average Bonchev–Trinajstić information content (AvgIpc) is 2.23. The van der Waals surface area contributed by atoms with E-state index in [0.717, 1.165) is 0 Å². The number of aromatic nitrogens is 2. The Morgan fingerprint density at radius 2 is 2.06 bits per heavy atom. The zero-order chi connectivity index (χ0) is 13.8. The highest BCUT2D eigenvalue weighted by Gasteiger charge is 2.20. The number of nitrogens with one attached hydrogen (secondary N) is 1. The van der Waals surface area contributed by atoms with E-state index in [-0.39, 0.29) is 11.6 Å². The third-order valence-electron chi connectivity index (χ3n) is 2.16. The first-order valence-corrected chi connectivity index (χ1v) is 5.90. The molecule has 0 aliphatic heterocycles. The summed E-state index contributed by atoms with van der Waals surface area (Å²) in [5.74, 6) is 0.957. The van der Waals surface area contributed by atoms with Gasteiger partial charge < -0.3 is 20.5 Å². The molecule has 0 fully saturated rings. The molecule has 6 heteroatoms. The predicted octanol–water partition coefficient (Wildman–Crippen LogP) is 1.68. The van der Waals surface area contributed by atoms with Gasteiger partial charge in [0.1, 0.15) is 12.0 Å². The molecule has 1 aromatic rings. The first-order chi connectivity index (χ1) is 8.35. The molecule has 0 aliphatic carbocycles. The van der Waals surface area contributed by atoms with Crippen LogP contribution in [-0.2, 0) is 4.74 Å². The van der Waals surface area contributed by atoms with Gasteiger partial charge in [0.25, 0.3) is 0 Å². The van der Waals surface area contributed by atoms with Crippen molar-refractivity contribution in [2.75, 3.05) is 24.8 Å². The highest BCUT2D eigenvalue weighted by Crippen LogP contribution is 2.27. The van der Waals surface area contributed by atoms with Gasteiger partial charge in [-0.15, -0.1) is 0 Å². The molecule has 0 saturated carbocycles. The lowest BCUT2D eigenvalue weighted by Gasteiger charge is -2.26. The lowest BCUT2D eigenvalue weighted by atomic mass is 10.1. The predicted molar refractivity (Wildman–Crippen MR) is 71.8 cm³/mol. The van der Waals surface area contributed by atoms with Crippen LogP contribution in [0.1, 0.15) is 27.7 Å². The van der Waals surface area contributed by atoms with Crippen LogP contribution in [-0.4, -0.2) is 35.3 Å². The summed E-state index contributed by atoms with van der Waals surface area (Å²) in [5, 5.41) is 3.22. The number of nitrogens with two attached hydrogens (primary N) is 1. The van der Waals surface area contributed by atoms with Gasteiger partial charge in [0.2, 0.25) is 5.88 Å². The van der Waals surface area contributed by atoms with Gasteiger partial charge in [-0.2, -0.15) is 4.98 Å². The standard InChI is InChI=1S/C12H22N4O2/c1-8(2)18-11-9(13)10(14-7-15-11)16-12(3,4)6-17-5/h7-8H,6,13H2,1-5H3,(H,14,15,16). The van der Waals surface area contributed by atoms with Gasteiger partial charge in [0.05, 0.1) is 18.2 Å². The van der Waals surface area contributed by atoms with E-state index in [1.807, 2.05) is 27.7 Å².